The highest BCUT2D eigenvalue weighted by Crippen LogP contribution is 2.14. The molecule has 4 N–H and O–H groups in total. The molecule has 8 nitrogen and oxygen atoms in total. The van der Waals surface area contributed by atoms with E-state index in [1.807, 2.05) is 5.43 Å². The average molecular weight is 253 g/mol. The lowest BCUT2D eigenvalue weighted by atomic mass is 10.2. The van der Waals surface area contributed by atoms with Gasteiger partial charge in [-0.05, 0) is 13.8 Å². The van der Waals surface area contributed by atoms with Crippen molar-refractivity contribution in [1.29, 1.82) is 0 Å². The minimum atomic E-state index is -1.22. The number of hydrazone groups is 1. The van der Waals surface area contributed by atoms with Gasteiger partial charge >= 0.3 is 17.4 Å². The van der Waals surface area contributed by atoms with Crippen LogP contribution in [0, 0.1) is 6.92 Å². The number of nitrogens with zero attached hydrogens (tertiary/aromatic N) is 1. The number of aryl methyl sites for hydroxylation is 1. The Morgan fingerprint density at radius 2 is 2.11 bits per heavy atom. The lowest BCUT2D eigenvalue weighted by Gasteiger charge is -2.03. The molecule has 0 unspecified atom stereocenters. The molecule has 0 aliphatic carbocycles. The van der Waals surface area contributed by atoms with E-state index in [2.05, 4.69) is 5.10 Å². The first-order valence-electron chi connectivity index (χ1n) is 4.81. The molecule has 0 bridgehead atoms. The molecule has 96 valence electrons. The quantitative estimate of drug-likeness (QED) is 0.352. The van der Waals surface area contributed by atoms with Crippen LogP contribution >= 0.6 is 0 Å². The van der Waals surface area contributed by atoms with Crippen molar-refractivity contribution in [2.75, 3.05) is 0 Å². The molecule has 0 aromatic carbocycles. The summed E-state index contributed by atoms with van der Waals surface area (Å²) in [6, 6.07) is 1.23. The van der Waals surface area contributed by atoms with Crippen LogP contribution < -0.4 is 16.8 Å². The number of carbonyl (C=O) groups is 2. The second-order valence-electron chi connectivity index (χ2n) is 3.41. The monoisotopic (exact) mass is 253 g/mol. The minimum absolute atomic E-state index is 0.0177. The Labute approximate surface area is 101 Å². The maximum Gasteiger partial charge on any atom is 0.348 e. The van der Waals surface area contributed by atoms with E-state index in [-0.39, 0.29) is 22.8 Å². The van der Waals surface area contributed by atoms with Gasteiger partial charge in [-0.3, -0.25) is 9.59 Å². The summed E-state index contributed by atoms with van der Waals surface area (Å²) in [6.07, 6.45) is 0. The zero-order chi connectivity index (χ0) is 13.9. The van der Waals surface area contributed by atoms with E-state index < -0.39 is 17.4 Å². The number of hydrogen-bond acceptors (Lipinski definition) is 6. The summed E-state index contributed by atoms with van der Waals surface area (Å²) >= 11 is 0. The highest BCUT2D eigenvalue weighted by molar-refractivity contribution is 6.34. The molecule has 0 aliphatic heterocycles. The third-order valence-corrected chi connectivity index (χ3v) is 1.96. The van der Waals surface area contributed by atoms with Crippen molar-refractivity contribution in [2.24, 2.45) is 10.8 Å². The third kappa shape index (κ3) is 2.94. The first kappa shape index (κ1) is 13.4. The van der Waals surface area contributed by atoms with Gasteiger partial charge in [0.05, 0.1) is 5.71 Å². The predicted octanol–water partition coefficient (Wildman–Crippen LogP) is -1.02. The van der Waals surface area contributed by atoms with Gasteiger partial charge in [0, 0.05) is 6.07 Å². The molecule has 0 radical (unpaired) electrons. The molecule has 1 aromatic heterocycles. The van der Waals surface area contributed by atoms with Gasteiger partial charge in [-0.2, -0.15) is 5.10 Å². The van der Waals surface area contributed by atoms with E-state index in [1.54, 1.807) is 0 Å². The summed E-state index contributed by atoms with van der Waals surface area (Å²) in [4.78, 5) is 32.8. The highest BCUT2D eigenvalue weighted by atomic mass is 16.4. The van der Waals surface area contributed by atoms with Crippen LogP contribution in [0.4, 0.5) is 0 Å². The molecule has 0 saturated heterocycles. The Bertz CT molecular complexity index is 588. The molecule has 0 spiro atoms. The van der Waals surface area contributed by atoms with Crippen molar-refractivity contribution < 1.29 is 19.1 Å². The van der Waals surface area contributed by atoms with Crippen LogP contribution in [-0.2, 0) is 9.59 Å². The van der Waals surface area contributed by atoms with E-state index in [0.29, 0.717) is 0 Å². The van der Waals surface area contributed by atoms with Crippen molar-refractivity contribution in [3.8, 4) is 5.75 Å². The van der Waals surface area contributed by atoms with Gasteiger partial charge in [0.2, 0.25) is 0 Å². The van der Waals surface area contributed by atoms with Crippen LogP contribution in [-0.4, -0.2) is 22.6 Å². The molecule has 0 saturated carbocycles. The number of amides is 2. The standard InChI is InChI=1S/C10H11N3O5/c1-4-3-6(14)7(10(17)18-4)5(2)12-13-9(16)8(11)15/h3,14H,1-2H3,(H2,11,15)(H,13,16)/b12-5+. The van der Waals surface area contributed by atoms with E-state index in [0.717, 1.165) is 0 Å². The average Bonchev–Trinajstić information content (AvgIpc) is 2.24. The fourth-order valence-corrected chi connectivity index (χ4v) is 1.17. The van der Waals surface area contributed by atoms with Crippen molar-refractivity contribution in [2.45, 2.75) is 13.8 Å². The Morgan fingerprint density at radius 1 is 1.50 bits per heavy atom. The lowest BCUT2D eigenvalue weighted by Crippen LogP contribution is -2.33. The summed E-state index contributed by atoms with van der Waals surface area (Å²) in [6.45, 7) is 2.84. The molecule has 2 amide bonds. The Balaban J connectivity index is 3.08. The number of rotatable bonds is 2. The van der Waals surface area contributed by atoms with Gasteiger partial charge in [0.25, 0.3) is 0 Å². The number of carbonyl (C=O) groups excluding carboxylic acids is 2. The topological polar surface area (TPSA) is 135 Å². The highest BCUT2D eigenvalue weighted by Gasteiger charge is 2.14. The molecule has 0 atom stereocenters. The van der Waals surface area contributed by atoms with Crippen LogP contribution in [0.25, 0.3) is 0 Å². The molecule has 1 aromatic rings. The Morgan fingerprint density at radius 3 is 2.61 bits per heavy atom. The van der Waals surface area contributed by atoms with Gasteiger partial charge in [-0.15, -0.1) is 0 Å². The molecule has 18 heavy (non-hydrogen) atoms. The Hall–Kier alpha value is -2.64. The number of hydrogen-bond donors (Lipinski definition) is 3. The number of primary amides is 1. The van der Waals surface area contributed by atoms with E-state index >= 15 is 0 Å². The molecular formula is C10H11N3O5. The normalized spacial score (nSPS) is 11.1. The zero-order valence-electron chi connectivity index (χ0n) is 9.68. The fourth-order valence-electron chi connectivity index (χ4n) is 1.17. The summed E-state index contributed by atoms with van der Waals surface area (Å²) in [7, 11) is 0. The lowest BCUT2D eigenvalue weighted by molar-refractivity contribution is -0.137. The predicted molar refractivity (Wildman–Crippen MR) is 60.9 cm³/mol. The second kappa shape index (κ2) is 5.13. The van der Waals surface area contributed by atoms with Crippen LogP contribution in [0.5, 0.6) is 5.75 Å². The maximum atomic E-state index is 11.5. The Kier molecular flexibility index (Phi) is 3.82. The van der Waals surface area contributed by atoms with Crippen LogP contribution in [0.3, 0.4) is 0 Å². The summed E-state index contributed by atoms with van der Waals surface area (Å²) < 4.78 is 4.76. The number of nitrogens with two attached hydrogens (primary N) is 1. The van der Waals surface area contributed by atoms with Crippen molar-refractivity contribution in [1.82, 2.24) is 5.43 Å². The largest absolute Gasteiger partial charge is 0.507 e. The van der Waals surface area contributed by atoms with Gasteiger partial charge < -0.3 is 15.3 Å². The van der Waals surface area contributed by atoms with Crippen LogP contribution in [0.2, 0.25) is 0 Å². The third-order valence-electron chi connectivity index (χ3n) is 1.96. The van der Waals surface area contributed by atoms with E-state index in [9.17, 15) is 19.5 Å². The van der Waals surface area contributed by atoms with Crippen molar-refractivity contribution >= 4 is 17.5 Å². The first-order chi connectivity index (χ1) is 8.32. The molecule has 1 rings (SSSR count). The minimum Gasteiger partial charge on any atom is -0.507 e. The van der Waals surface area contributed by atoms with Crippen LogP contribution in [0.1, 0.15) is 18.2 Å². The second-order valence-corrected chi connectivity index (χ2v) is 3.41. The SMILES string of the molecule is C/C(=N\NC(=O)C(N)=O)c1c(O)cc(C)oc1=O. The van der Waals surface area contributed by atoms with Crippen LogP contribution in [0.15, 0.2) is 20.4 Å². The van der Waals surface area contributed by atoms with Crippen molar-refractivity contribution in [3.63, 3.8) is 0 Å². The maximum absolute atomic E-state index is 11.5. The van der Waals surface area contributed by atoms with Gasteiger partial charge in [-0.1, -0.05) is 0 Å². The zero-order valence-corrected chi connectivity index (χ0v) is 9.68. The summed E-state index contributed by atoms with van der Waals surface area (Å²) in [5.41, 5.74) is 5.50. The van der Waals surface area contributed by atoms with E-state index in [1.165, 1.54) is 19.9 Å². The van der Waals surface area contributed by atoms with Crippen molar-refractivity contribution in [3.05, 3.63) is 27.8 Å². The van der Waals surface area contributed by atoms with Gasteiger partial charge in [0.15, 0.2) is 0 Å². The molecule has 0 fully saturated rings. The summed E-state index contributed by atoms with van der Waals surface area (Å²) in [5, 5.41) is 13.0. The van der Waals surface area contributed by atoms with E-state index in [4.69, 9.17) is 10.2 Å². The molecule has 0 aliphatic rings. The summed E-state index contributed by atoms with van der Waals surface area (Å²) in [5.74, 6) is -2.45. The first-order valence-corrected chi connectivity index (χ1v) is 4.81. The van der Waals surface area contributed by atoms with Gasteiger partial charge in [0.1, 0.15) is 17.1 Å². The van der Waals surface area contributed by atoms with Gasteiger partial charge in [-0.25, -0.2) is 10.2 Å². The number of aromatic hydroxyl groups is 1. The molecule has 8 heteroatoms. The molecule has 1 heterocycles. The fraction of sp³-hybridized carbons (Fsp3) is 0.200. The number of nitrogens with one attached hydrogen (secondary N) is 1. The smallest absolute Gasteiger partial charge is 0.348 e. The molecular weight excluding hydrogens is 242 g/mol.